The maximum Gasteiger partial charge on any atom is 0.312 e. The molecule has 4 aliphatic carbocycles. The Bertz CT molecular complexity index is 1020. The van der Waals surface area contributed by atoms with E-state index in [1.807, 2.05) is 0 Å². The third kappa shape index (κ3) is 2.95. The molecule has 0 spiro atoms. The molecule has 0 amide bonds. The van der Waals surface area contributed by atoms with Gasteiger partial charge in [-0.25, -0.2) is 4.39 Å². The van der Waals surface area contributed by atoms with Crippen LogP contribution < -0.4 is 0 Å². The van der Waals surface area contributed by atoms with Crippen molar-refractivity contribution < 1.29 is 43.3 Å². The predicted octanol–water partition coefficient (Wildman–Crippen LogP) is 1.62. The molecule has 0 saturated heterocycles. The molecule has 8 nitrogen and oxygen atoms in total. The lowest BCUT2D eigenvalue weighted by molar-refractivity contribution is -0.221. The third-order valence-corrected chi connectivity index (χ3v) is 9.21. The molecule has 0 radical (unpaired) electrons. The number of hydrogen-bond acceptors (Lipinski definition) is 8. The molecule has 0 aromatic heterocycles. The van der Waals surface area contributed by atoms with Crippen LogP contribution >= 0.6 is 0 Å². The lowest BCUT2D eigenvalue weighted by Gasteiger charge is -2.62. The summed E-state index contributed by atoms with van der Waals surface area (Å²) in [5.74, 6) is -5.42. The van der Waals surface area contributed by atoms with E-state index >= 15 is 4.39 Å². The Morgan fingerprint density at radius 2 is 1.91 bits per heavy atom. The minimum absolute atomic E-state index is 0.0215. The second kappa shape index (κ2) is 7.81. The molecule has 3 saturated carbocycles. The Balaban J connectivity index is 1.82. The highest BCUT2D eigenvalue weighted by molar-refractivity contribution is 6.01. The number of rotatable bonds is 4. The number of hydrogen-bond donors (Lipinski definition) is 2. The fourth-order valence-corrected chi connectivity index (χ4v) is 7.45. The van der Waals surface area contributed by atoms with Crippen molar-refractivity contribution in [1.29, 1.82) is 0 Å². The van der Waals surface area contributed by atoms with Gasteiger partial charge in [0.2, 0.25) is 5.78 Å². The average Bonchev–Trinajstić information content (AvgIpc) is 3.01. The van der Waals surface area contributed by atoms with Crippen molar-refractivity contribution in [2.45, 2.75) is 63.8 Å². The van der Waals surface area contributed by atoms with Gasteiger partial charge in [0.25, 0.3) is 0 Å². The highest BCUT2D eigenvalue weighted by Crippen LogP contribution is 2.70. The molecule has 8 atom stereocenters. The van der Waals surface area contributed by atoms with Gasteiger partial charge in [-0.3, -0.25) is 19.2 Å². The van der Waals surface area contributed by atoms with Crippen molar-refractivity contribution in [3.8, 4) is 0 Å². The summed E-state index contributed by atoms with van der Waals surface area (Å²) >= 11 is 0. The number of fused-ring (bicyclic) bond motifs is 5. The van der Waals surface area contributed by atoms with E-state index in [0.717, 1.165) is 14.0 Å². The van der Waals surface area contributed by atoms with Crippen LogP contribution in [0.1, 0.15) is 46.5 Å². The highest BCUT2D eigenvalue weighted by atomic mass is 19.1. The number of alkyl halides is 1. The molecule has 0 aliphatic heterocycles. The van der Waals surface area contributed by atoms with E-state index in [0.29, 0.717) is 12.0 Å². The maximum atomic E-state index is 17.2. The quantitative estimate of drug-likeness (QED) is 0.584. The second-order valence-corrected chi connectivity index (χ2v) is 10.5. The van der Waals surface area contributed by atoms with Crippen LogP contribution in [0.5, 0.6) is 0 Å². The Hall–Kier alpha value is -2.39. The average molecular weight is 479 g/mol. The number of halogens is 1. The van der Waals surface area contributed by atoms with Crippen molar-refractivity contribution in [3.05, 3.63) is 23.8 Å². The van der Waals surface area contributed by atoms with Crippen molar-refractivity contribution in [3.63, 3.8) is 0 Å². The van der Waals surface area contributed by atoms with Crippen LogP contribution in [0, 0.1) is 28.6 Å². The van der Waals surface area contributed by atoms with Crippen LogP contribution in [-0.2, 0) is 28.7 Å². The number of carbonyl (C=O) groups excluding carboxylic acids is 4. The van der Waals surface area contributed by atoms with E-state index in [1.165, 1.54) is 18.2 Å². The molecule has 9 heteroatoms. The van der Waals surface area contributed by atoms with Gasteiger partial charge >= 0.3 is 11.9 Å². The second-order valence-electron chi connectivity index (χ2n) is 10.5. The summed E-state index contributed by atoms with van der Waals surface area (Å²) < 4.78 is 26.9. The minimum atomic E-state index is -2.32. The highest BCUT2D eigenvalue weighted by Gasteiger charge is 2.77. The number of allylic oxidation sites excluding steroid dienone is 4. The topological polar surface area (TPSA) is 127 Å². The summed E-state index contributed by atoms with van der Waals surface area (Å²) in [4.78, 5) is 49.3. The van der Waals surface area contributed by atoms with Gasteiger partial charge in [0.1, 0.15) is 5.60 Å². The lowest BCUT2D eigenvalue weighted by Crippen LogP contribution is -2.69. The predicted molar refractivity (Wildman–Crippen MR) is 116 cm³/mol. The van der Waals surface area contributed by atoms with E-state index in [1.54, 1.807) is 13.8 Å². The van der Waals surface area contributed by atoms with Gasteiger partial charge in [-0.05, 0) is 50.7 Å². The SMILES string of the molecule is COC(=O)[C@@H]1C[C@H]2[C@@H]3CCC4=CC(=O)C=C[C@]4(C)[C@@]3(F)C(O)C[C@]2(C)[C@@]1(O)C(=O)COC(C)=O. The van der Waals surface area contributed by atoms with E-state index in [9.17, 15) is 29.4 Å². The number of esters is 2. The monoisotopic (exact) mass is 478 g/mol. The normalized spacial score (nSPS) is 44.9. The first-order chi connectivity index (χ1) is 15.8. The molecule has 0 bridgehead atoms. The van der Waals surface area contributed by atoms with Gasteiger partial charge < -0.3 is 19.7 Å². The first kappa shape index (κ1) is 24.7. The van der Waals surface area contributed by atoms with Gasteiger partial charge in [-0.2, -0.15) is 0 Å². The molecule has 0 aromatic rings. The largest absolute Gasteiger partial charge is 0.469 e. The molecule has 2 N–H and O–H groups in total. The molecular weight excluding hydrogens is 447 g/mol. The molecule has 0 heterocycles. The summed E-state index contributed by atoms with van der Waals surface area (Å²) in [6.07, 6.45) is 3.00. The number of carbonyl (C=O) groups is 4. The van der Waals surface area contributed by atoms with Gasteiger partial charge in [0, 0.05) is 23.7 Å². The van der Waals surface area contributed by atoms with Crippen LogP contribution in [0.4, 0.5) is 4.39 Å². The molecular formula is C25H31FO8. The molecule has 186 valence electrons. The lowest BCUT2D eigenvalue weighted by atomic mass is 9.44. The fraction of sp³-hybridized carbons (Fsp3) is 0.680. The smallest absolute Gasteiger partial charge is 0.312 e. The zero-order valence-corrected chi connectivity index (χ0v) is 19.8. The Morgan fingerprint density at radius 3 is 2.53 bits per heavy atom. The number of aliphatic hydroxyl groups is 2. The van der Waals surface area contributed by atoms with Gasteiger partial charge in [0.05, 0.1) is 19.1 Å². The Labute approximate surface area is 197 Å². The molecule has 4 rings (SSSR count). The van der Waals surface area contributed by atoms with Crippen LogP contribution in [0.25, 0.3) is 0 Å². The fourth-order valence-electron chi connectivity index (χ4n) is 7.45. The van der Waals surface area contributed by atoms with Gasteiger partial charge in [-0.15, -0.1) is 0 Å². The summed E-state index contributed by atoms with van der Waals surface area (Å²) in [7, 11) is 1.14. The number of methoxy groups -OCH3 is 1. The van der Waals surface area contributed by atoms with E-state index < -0.39 is 70.3 Å². The zero-order chi connectivity index (χ0) is 25.3. The number of aliphatic hydroxyl groups excluding tert-OH is 1. The number of ketones is 2. The van der Waals surface area contributed by atoms with Gasteiger partial charge in [0.15, 0.2) is 18.1 Å². The molecule has 4 aliphatic rings. The number of ether oxygens (including phenoxy) is 2. The van der Waals surface area contributed by atoms with Gasteiger partial charge in [-0.1, -0.05) is 18.6 Å². The van der Waals surface area contributed by atoms with Crippen LogP contribution in [0.3, 0.4) is 0 Å². The van der Waals surface area contributed by atoms with Crippen molar-refractivity contribution in [2.24, 2.45) is 28.6 Å². The van der Waals surface area contributed by atoms with E-state index in [4.69, 9.17) is 9.47 Å². The molecule has 3 fully saturated rings. The summed E-state index contributed by atoms with van der Waals surface area (Å²) in [5.41, 5.74) is -6.52. The summed E-state index contributed by atoms with van der Waals surface area (Å²) in [6.45, 7) is 3.61. The zero-order valence-electron chi connectivity index (χ0n) is 19.8. The standard InChI is InChI=1S/C25H31FO8/c1-13(27)34-12-20(30)25(32)18(21(31)33-4)10-17-16-6-5-14-9-15(28)7-8-22(14,2)24(16,26)19(29)11-23(17,25)3/h7-9,16-19,29,32H,5-6,10-12H2,1-4H3/t16-,17-,18-,19?,22-,23-,24-,25-/m0/s1. The van der Waals surface area contributed by atoms with Crippen LogP contribution in [0.2, 0.25) is 0 Å². The van der Waals surface area contributed by atoms with Crippen molar-refractivity contribution in [1.82, 2.24) is 0 Å². The van der Waals surface area contributed by atoms with Crippen LogP contribution in [0.15, 0.2) is 23.8 Å². The first-order valence-corrected chi connectivity index (χ1v) is 11.6. The van der Waals surface area contributed by atoms with Crippen LogP contribution in [-0.4, -0.2) is 64.8 Å². The minimum Gasteiger partial charge on any atom is -0.469 e. The summed E-state index contributed by atoms with van der Waals surface area (Å²) in [5, 5.41) is 23.2. The molecule has 0 aromatic carbocycles. The first-order valence-electron chi connectivity index (χ1n) is 11.6. The third-order valence-electron chi connectivity index (χ3n) is 9.21. The van der Waals surface area contributed by atoms with E-state index in [-0.39, 0.29) is 25.0 Å². The Kier molecular flexibility index (Phi) is 5.68. The molecule has 1 unspecified atom stereocenters. The molecule has 34 heavy (non-hydrogen) atoms. The number of Topliss-reactive ketones (excluding diaryl/α,β-unsaturated/α-hetero) is 1. The summed E-state index contributed by atoms with van der Waals surface area (Å²) in [6, 6.07) is 0. The van der Waals surface area contributed by atoms with E-state index in [2.05, 4.69) is 0 Å². The Morgan fingerprint density at radius 1 is 1.24 bits per heavy atom. The van der Waals surface area contributed by atoms with Crippen molar-refractivity contribution >= 4 is 23.5 Å². The maximum absolute atomic E-state index is 17.2. The van der Waals surface area contributed by atoms with Crippen molar-refractivity contribution in [2.75, 3.05) is 13.7 Å².